The highest BCUT2D eigenvalue weighted by molar-refractivity contribution is 5.98. The van der Waals surface area contributed by atoms with Gasteiger partial charge in [-0.15, -0.1) is 0 Å². The molecule has 0 heterocycles. The molecule has 0 aliphatic heterocycles. The van der Waals surface area contributed by atoms with E-state index in [0.29, 0.717) is 24.3 Å². The lowest BCUT2D eigenvalue weighted by atomic mass is 9.89. The lowest BCUT2D eigenvalue weighted by Crippen LogP contribution is -2.74. The molecular formula is C16H8F16N2O2. The van der Waals surface area contributed by atoms with Gasteiger partial charge < -0.3 is 11.1 Å². The third kappa shape index (κ3) is 4.27. The smallest absolute Gasteiger partial charge is 0.366 e. The highest BCUT2D eigenvalue weighted by Gasteiger charge is 2.94. The van der Waals surface area contributed by atoms with Crippen LogP contribution in [0.2, 0.25) is 0 Å². The second kappa shape index (κ2) is 8.86. The molecule has 0 bridgehead atoms. The quantitative estimate of drug-likeness (QED) is 0.372. The van der Waals surface area contributed by atoms with Crippen molar-refractivity contribution in [2.45, 2.75) is 47.9 Å². The predicted octanol–water partition coefficient (Wildman–Crippen LogP) is 5.44. The molecule has 0 radical (unpaired) electrons. The minimum Gasteiger partial charge on any atom is -0.366 e. The van der Waals surface area contributed by atoms with Gasteiger partial charge in [0.2, 0.25) is 5.91 Å². The summed E-state index contributed by atoms with van der Waals surface area (Å²) in [7, 11) is 0. The van der Waals surface area contributed by atoms with E-state index in [-0.39, 0.29) is 0 Å². The first-order valence-corrected chi connectivity index (χ1v) is 8.39. The first kappa shape index (κ1) is 31.1. The summed E-state index contributed by atoms with van der Waals surface area (Å²) in [5.41, 5.74) is 3.35. The largest absolute Gasteiger partial charge is 0.393 e. The Morgan fingerprint density at radius 2 is 1.00 bits per heavy atom. The molecule has 0 aliphatic rings. The number of nitrogens with one attached hydrogen (secondary N) is 1. The molecule has 3 N–H and O–H groups in total. The van der Waals surface area contributed by atoms with Crippen molar-refractivity contribution in [2.24, 2.45) is 5.73 Å². The van der Waals surface area contributed by atoms with Crippen molar-refractivity contribution >= 4 is 17.5 Å². The SMILES string of the molecule is NC(=O)c1ccc(NC(=O)C(F)(F)C(F)(F)C(F)(F)C(F)(F)C(F)(F)C(F)(F)C(F)(F)C(F)F)cc1. The molecule has 0 unspecified atom stereocenters. The Hall–Kier alpha value is -2.96. The second-order valence-electron chi connectivity index (χ2n) is 6.77. The maximum Gasteiger partial charge on any atom is 0.393 e. The zero-order valence-electron chi connectivity index (χ0n) is 16.3. The third-order valence-electron chi connectivity index (χ3n) is 4.38. The minimum atomic E-state index is -8.60. The summed E-state index contributed by atoms with van der Waals surface area (Å²) in [5.74, 6) is -61.4. The number of carbonyl (C=O) groups excluding carboxylic acids is 2. The Morgan fingerprint density at radius 1 is 0.639 bits per heavy atom. The molecule has 2 amide bonds. The van der Waals surface area contributed by atoms with Crippen LogP contribution in [0.25, 0.3) is 0 Å². The number of alkyl halides is 16. The van der Waals surface area contributed by atoms with Crippen molar-refractivity contribution in [1.82, 2.24) is 0 Å². The monoisotopic (exact) mass is 564 g/mol. The van der Waals surface area contributed by atoms with Crippen molar-refractivity contribution in [3.05, 3.63) is 29.8 Å². The zero-order chi connectivity index (χ0) is 28.9. The summed E-state index contributed by atoms with van der Waals surface area (Å²) < 4.78 is 212. The van der Waals surface area contributed by atoms with E-state index >= 15 is 0 Å². The standard InChI is InChI=1S/C16H8F16N2O2/c17-8(18)10(19,20)12(23,24)14(27,28)16(31,32)15(29,30)13(25,26)11(21,22)9(36)34-6-3-1-5(2-4-6)7(33)35/h1-4,8H,(H2,33,35)(H,34,36). The van der Waals surface area contributed by atoms with Crippen LogP contribution in [0.1, 0.15) is 10.4 Å². The fourth-order valence-corrected chi connectivity index (χ4v) is 2.21. The van der Waals surface area contributed by atoms with Crippen LogP contribution in [0, 0.1) is 0 Å². The predicted molar refractivity (Wildman–Crippen MR) is 84.2 cm³/mol. The third-order valence-corrected chi connectivity index (χ3v) is 4.38. The number of carbonyl (C=O) groups is 2. The van der Waals surface area contributed by atoms with E-state index in [2.05, 4.69) is 0 Å². The van der Waals surface area contributed by atoms with Gasteiger partial charge in [0.15, 0.2) is 0 Å². The molecule has 206 valence electrons. The molecule has 0 aromatic heterocycles. The van der Waals surface area contributed by atoms with Crippen molar-refractivity contribution in [2.75, 3.05) is 5.32 Å². The fraction of sp³-hybridized carbons (Fsp3) is 0.500. The Balaban J connectivity index is 3.49. The summed E-state index contributed by atoms with van der Waals surface area (Å²) in [4.78, 5) is 22.2. The van der Waals surface area contributed by atoms with E-state index in [1.165, 1.54) is 0 Å². The lowest BCUT2D eigenvalue weighted by Gasteiger charge is -2.42. The molecule has 0 fully saturated rings. The van der Waals surface area contributed by atoms with Gasteiger partial charge >= 0.3 is 53.8 Å². The molecule has 0 spiro atoms. The molecule has 1 rings (SSSR count). The number of anilines is 1. The van der Waals surface area contributed by atoms with E-state index in [9.17, 15) is 79.8 Å². The Morgan fingerprint density at radius 3 is 1.36 bits per heavy atom. The number of halogens is 16. The van der Waals surface area contributed by atoms with Gasteiger partial charge in [-0.3, -0.25) is 9.59 Å². The summed E-state index contributed by atoms with van der Waals surface area (Å²) in [6.45, 7) is 0. The van der Waals surface area contributed by atoms with Gasteiger partial charge in [0.25, 0.3) is 0 Å². The summed E-state index contributed by atoms with van der Waals surface area (Å²) >= 11 is 0. The number of rotatable bonds is 10. The number of amides is 2. The average Bonchev–Trinajstić information content (AvgIpc) is 2.72. The Labute approximate surface area is 187 Å². The van der Waals surface area contributed by atoms with Crippen LogP contribution in [0.3, 0.4) is 0 Å². The molecule has 0 saturated carbocycles. The number of primary amides is 1. The maximum absolute atomic E-state index is 13.8. The van der Waals surface area contributed by atoms with E-state index in [0.717, 1.165) is 5.32 Å². The van der Waals surface area contributed by atoms with E-state index in [1.807, 2.05) is 0 Å². The van der Waals surface area contributed by atoms with Gasteiger partial charge in [-0.2, -0.15) is 61.5 Å². The van der Waals surface area contributed by atoms with Crippen LogP contribution >= 0.6 is 0 Å². The molecule has 0 saturated heterocycles. The van der Waals surface area contributed by atoms with Crippen molar-refractivity contribution in [3.63, 3.8) is 0 Å². The van der Waals surface area contributed by atoms with Gasteiger partial charge in [0, 0.05) is 11.3 Å². The van der Waals surface area contributed by atoms with Crippen LogP contribution in [-0.4, -0.2) is 59.7 Å². The highest BCUT2D eigenvalue weighted by Crippen LogP contribution is 2.62. The fourth-order valence-electron chi connectivity index (χ4n) is 2.21. The normalized spacial score (nSPS) is 14.7. The van der Waals surface area contributed by atoms with E-state index < -0.39 is 70.9 Å². The van der Waals surface area contributed by atoms with Crippen LogP contribution in [0.4, 0.5) is 75.9 Å². The lowest BCUT2D eigenvalue weighted by molar-refractivity contribution is -0.443. The first-order chi connectivity index (χ1) is 15.7. The highest BCUT2D eigenvalue weighted by atomic mass is 19.4. The molecule has 0 atom stereocenters. The first-order valence-electron chi connectivity index (χ1n) is 8.39. The van der Waals surface area contributed by atoms with Gasteiger partial charge in [0.1, 0.15) is 0 Å². The van der Waals surface area contributed by atoms with Crippen molar-refractivity contribution in [1.29, 1.82) is 0 Å². The number of hydrogen-bond donors (Lipinski definition) is 2. The molecular weight excluding hydrogens is 556 g/mol. The van der Waals surface area contributed by atoms with Crippen molar-refractivity contribution < 1.29 is 79.8 Å². The molecule has 20 heteroatoms. The minimum absolute atomic E-state index is 0.403. The van der Waals surface area contributed by atoms with Gasteiger partial charge in [-0.25, -0.2) is 8.78 Å². The van der Waals surface area contributed by atoms with Crippen LogP contribution in [-0.2, 0) is 4.79 Å². The molecule has 1 aromatic carbocycles. The Kier molecular flexibility index (Phi) is 7.64. The van der Waals surface area contributed by atoms with Gasteiger partial charge in [0.05, 0.1) is 0 Å². The second-order valence-corrected chi connectivity index (χ2v) is 6.77. The zero-order valence-corrected chi connectivity index (χ0v) is 16.3. The average molecular weight is 564 g/mol. The van der Waals surface area contributed by atoms with Gasteiger partial charge in [-0.05, 0) is 24.3 Å². The van der Waals surface area contributed by atoms with E-state index in [4.69, 9.17) is 5.73 Å². The van der Waals surface area contributed by atoms with Crippen molar-refractivity contribution in [3.8, 4) is 0 Å². The van der Waals surface area contributed by atoms with E-state index in [1.54, 1.807) is 0 Å². The number of hydrogen-bond acceptors (Lipinski definition) is 2. The van der Waals surface area contributed by atoms with Crippen LogP contribution in [0.15, 0.2) is 24.3 Å². The molecule has 0 aliphatic carbocycles. The van der Waals surface area contributed by atoms with Gasteiger partial charge in [-0.1, -0.05) is 0 Å². The molecule has 36 heavy (non-hydrogen) atoms. The number of benzene rings is 1. The summed E-state index contributed by atoms with van der Waals surface area (Å²) in [6.07, 6.45) is -5.95. The summed E-state index contributed by atoms with van der Waals surface area (Å²) in [5, 5.41) is 0.732. The van der Waals surface area contributed by atoms with Crippen LogP contribution in [0.5, 0.6) is 0 Å². The van der Waals surface area contributed by atoms with Crippen LogP contribution < -0.4 is 11.1 Å². The maximum atomic E-state index is 13.8. The Bertz CT molecular complexity index is 990. The topological polar surface area (TPSA) is 72.2 Å². The molecule has 4 nitrogen and oxygen atoms in total. The summed E-state index contributed by atoms with van der Waals surface area (Å²) in [6, 6.07) is 2.14. The number of nitrogens with two attached hydrogens (primary N) is 1. The molecule has 1 aromatic rings.